The number of amides is 2. The lowest BCUT2D eigenvalue weighted by molar-refractivity contribution is -0.147. The molecule has 2 atom stereocenters. The molecule has 2 aliphatic heterocycles. The lowest BCUT2D eigenvalue weighted by Gasteiger charge is -2.42. The third-order valence-corrected chi connectivity index (χ3v) is 5.81. The Labute approximate surface area is 156 Å². The van der Waals surface area contributed by atoms with Gasteiger partial charge in [-0.05, 0) is 45.8 Å². The minimum absolute atomic E-state index is 0.140. The average molecular weight is 357 g/mol. The number of hydrogen-bond donors (Lipinski definition) is 0. The summed E-state index contributed by atoms with van der Waals surface area (Å²) in [6.45, 7) is 8.27. The largest absolute Gasteiger partial charge is 0.341 e. The second kappa shape index (κ2) is 8.21. The summed E-state index contributed by atoms with van der Waals surface area (Å²) in [6.07, 6.45) is 2.14. The first-order chi connectivity index (χ1) is 12.5. The van der Waals surface area contributed by atoms with Crippen molar-refractivity contribution >= 4 is 11.8 Å². The van der Waals surface area contributed by atoms with Gasteiger partial charge in [-0.25, -0.2) is 0 Å². The summed E-state index contributed by atoms with van der Waals surface area (Å²) >= 11 is 0. The highest BCUT2D eigenvalue weighted by molar-refractivity contribution is 5.85. The predicted molar refractivity (Wildman–Crippen MR) is 103 cm³/mol. The smallest absolute Gasteiger partial charge is 0.228 e. The molecule has 0 N–H and O–H groups in total. The Balaban J connectivity index is 1.88. The van der Waals surface area contributed by atoms with E-state index in [0.29, 0.717) is 19.4 Å². The monoisotopic (exact) mass is 357 g/mol. The lowest BCUT2D eigenvalue weighted by atomic mass is 9.83. The fourth-order valence-electron chi connectivity index (χ4n) is 4.26. The van der Waals surface area contributed by atoms with E-state index in [1.54, 1.807) is 0 Å². The molecule has 2 amide bonds. The fraction of sp³-hybridized carbons (Fsp3) is 0.619. The van der Waals surface area contributed by atoms with Gasteiger partial charge in [-0.2, -0.15) is 0 Å². The third-order valence-electron chi connectivity index (χ3n) is 5.81. The molecule has 2 saturated heterocycles. The summed E-state index contributed by atoms with van der Waals surface area (Å²) in [7, 11) is 2.11. The van der Waals surface area contributed by atoms with Crippen molar-refractivity contribution in [3.63, 3.8) is 0 Å². The quantitative estimate of drug-likeness (QED) is 0.835. The summed E-state index contributed by atoms with van der Waals surface area (Å²) in [5.74, 6) is 0.244. The number of hydrogen-bond acceptors (Lipinski definition) is 3. The van der Waals surface area contributed by atoms with Crippen LogP contribution in [0, 0.1) is 12.8 Å². The molecule has 0 aliphatic carbocycles. The van der Waals surface area contributed by atoms with Crippen LogP contribution in [0.4, 0.5) is 0 Å². The number of likely N-dealkylation sites (tertiary alicyclic amines) is 1. The van der Waals surface area contributed by atoms with E-state index in [0.717, 1.165) is 38.2 Å². The molecule has 2 heterocycles. The van der Waals surface area contributed by atoms with Crippen molar-refractivity contribution in [3.8, 4) is 0 Å². The minimum Gasteiger partial charge on any atom is -0.341 e. The first kappa shape index (κ1) is 18.9. The van der Waals surface area contributed by atoms with Gasteiger partial charge in [-0.15, -0.1) is 0 Å². The van der Waals surface area contributed by atoms with Crippen LogP contribution in [-0.4, -0.2) is 66.3 Å². The molecule has 0 unspecified atom stereocenters. The number of piperidine rings is 1. The summed E-state index contributed by atoms with van der Waals surface area (Å²) in [6, 6.07) is 8.17. The van der Waals surface area contributed by atoms with Crippen LogP contribution < -0.4 is 0 Å². The third kappa shape index (κ3) is 3.93. The highest BCUT2D eigenvalue weighted by atomic mass is 16.2. The maximum Gasteiger partial charge on any atom is 0.228 e. The number of carbonyl (C=O) groups is 2. The average Bonchev–Trinajstić information content (AvgIpc) is 2.86. The van der Waals surface area contributed by atoms with Gasteiger partial charge >= 0.3 is 0 Å². The van der Waals surface area contributed by atoms with E-state index < -0.39 is 0 Å². The molecule has 2 aliphatic rings. The van der Waals surface area contributed by atoms with E-state index in [-0.39, 0.29) is 23.8 Å². The highest BCUT2D eigenvalue weighted by Gasteiger charge is 2.41. The number of carbonyl (C=O) groups excluding carboxylic acids is 2. The first-order valence-corrected chi connectivity index (χ1v) is 9.84. The maximum absolute atomic E-state index is 13.4. The van der Waals surface area contributed by atoms with E-state index in [1.165, 1.54) is 5.56 Å². The van der Waals surface area contributed by atoms with Crippen LogP contribution in [0.3, 0.4) is 0 Å². The maximum atomic E-state index is 13.4. The van der Waals surface area contributed by atoms with Gasteiger partial charge in [-0.3, -0.25) is 9.59 Å². The molecule has 1 aromatic carbocycles. The molecule has 0 radical (unpaired) electrons. The van der Waals surface area contributed by atoms with E-state index >= 15 is 0 Å². The van der Waals surface area contributed by atoms with Gasteiger partial charge in [0.05, 0.1) is 12.0 Å². The van der Waals surface area contributed by atoms with Gasteiger partial charge in [0.1, 0.15) is 0 Å². The molecule has 142 valence electrons. The van der Waals surface area contributed by atoms with Crippen LogP contribution in [0.25, 0.3) is 0 Å². The Bertz CT molecular complexity index is 643. The summed E-state index contributed by atoms with van der Waals surface area (Å²) in [5, 5.41) is 0. The zero-order chi connectivity index (χ0) is 18.7. The molecule has 0 spiro atoms. The molecule has 3 rings (SSSR count). The van der Waals surface area contributed by atoms with Crippen molar-refractivity contribution in [2.75, 3.05) is 39.8 Å². The Kier molecular flexibility index (Phi) is 5.97. The van der Waals surface area contributed by atoms with Crippen molar-refractivity contribution < 1.29 is 9.59 Å². The van der Waals surface area contributed by atoms with Crippen LogP contribution in [0.1, 0.15) is 43.4 Å². The van der Waals surface area contributed by atoms with Crippen molar-refractivity contribution in [2.24, 2.45) is 5.92 Å². The summed E-state index contributed by atoms with van der Waals surface area (Å²) in [5.41, 5.74) is 2.27. The van der Waals surface area contributed by atoms with Gasteiger partial charge in [0.25, 0.3) is 0 Å². The Morgan fingerprint density at radius 2 is 1.85 bits per heavy atom. The van der Waals surface area contributed by atoms with Crippen LogP contribution in [0.15, 0.2) is 24.3 Å². The van der Waals surface area contributed by atoms with Crippen LogP contribution in [0.5, 0.6) is 0 Å². The molecule has 5 heteroatoms. The number of aryl methyl sites for hydroxylation is 1. The minimum atomic E-state index is -0.143. The SMILES string of the molecule is CCN1C(=O)CC[C@@H](C(=O)N2CCCN(C)CC2)[C@@H]1c1ccc(C)cc1. The van der Waals surface area contributed by atoms with Crippen molar-refractivity contribution in [1.29, 1.82) is 0 Å². The molecule has 0 bridgehead atoms. The van der Waals surface area contributed by atoms with Gasteiger partial charge in [0.15, 0.2) is 0 Å². The molecule has 2 fully saturated rings. The normalized spacial score (nSPS) is 25.3. The van der Waals surface area contributed by atoms with Gasteiger partial charge < -0.3 is 14.7 Å². The van der Waals surface area contributed by atoms with E-state index in [9.17, 15) is 9.59 Å². The van der Waals surface area contributed by atoms with Gasteiger partial charge in [-0.1, -0.05) is 29.8 Å². The second-order valence-electron chi connectivity index (χ2n) is 7.66. The molecule has 5 nitrogen and oxygen atoms in total. The fourth-order valence-corrected chi connectivity index (χ4v) is 4.26. The van der Waals surface area contributed by atoms with Crippen LogP contribution in [-0.2, 0) is 9.59 Å². The standard InChI is InChI=1S/C21H31N3O2/c1-4-24-19(25)11-10-18(20(24)17-8-6-16(2)7-9-17)21(26)23-13-5-12-22(3)14-15-23/h6-9,18,20H,4-5,10-15H2,1-3H3/t18-,20+/m1/s1. The lowest BCUT2D eigenvalue weighted by Crippen LogP contribution is -2.49. The van der Waals surface area contributed by atoms with Crippen LogP contribution in [0.2, 0.25) is 0 Å². The summed E-state index contributed by atoms with van der Waals surface area (Å²) in [4.78, 5) is 32.1. The van der Waals surface area contributed by atoms with E-state index in [4.69, 9.17) is 0 Å². The predicted octanol–water partition coefficient (Wildman–Crippen LogP) is 2.46. The number of rotatable bonds is 3. The zero-order valence-electron chi connectivity index (χ0n) is 16.3. The van der Waals surface area contributed by atoms with Crippen molar-refractivity contribution in [3.05, 3.63) is 35.4 Å². The topological polar surface area (TPSA) is 43.9 Å². The molecule has 1 aromatic rings. The molecular formula is C21H31N3O2. The number of nitrogens with zero attached hydrogens (tertiary/aromatic N) is 3. The van der Waals surface area contributed by atoms with Gasteiger partial charge in [0, 0.05) is 32.6 Å². The summed E-state index contributed by atoms with van der Waals surface area (Å²) < 4.78 is 0. The zero-order valence-corrected chi connectivity index (χ0v) is 16.3. The van der Waals surface area contributed by atoms with Crippen molar-refractivity contribution in [2.45, 2.75) is 39.2 Å². The Morgan fingerprint density at radius 3 is 2.54 bits per heavy atom. The van der Waals surface area contributed by atoms with E-state index in [1.807, 2.05) is 16.7 Å². The highest BCUT2D eigenvalue weighted by Crippen LogP contribution is 2.38. The Morgan fingerprint density at radius 1 is 1.12 bits per heavy atom. The molecule has 0 saturated carbocycles. The Hall–Kier alpha value is -1.88. The molecule has 26 heavy (non-hydrogen) atoms. The van der Waals surface area contributed by atoms with Crippen molar-refractivity contribution in [1.82, 2.24) is 14.7 Å². The van der Waals surface area contributed by atoms with E-state index in [2.05, 4.69) is 43.1 Å². The number of likely N-dealkylation sites (N-methyl/N-ethyl adjacent to an activating group) is 1. The first-order valence-electron chi connectivity index (χ1n) is 9.84. The second-order valence-corrected chi connectivity index (χ2v) is 7.66. The molecular weight excluding hydrogens is 326 g/mol. The van der Waals surface area contributed by atoms with Crippen LogP contribution >= 0.6 is 0 Å². The number of benzene rings is 1. The van der Waals surface area contributed by atoms with Gasteiger partial charge in [0.2, 0.25) is 11.8 Å². The molecule has 0 aromatic heterocycles.